The molecule has 21 heavy (non-hydrogen) atoms. The van der Waals surface area contributed by atoms with Crippen LogP contribution in [0.15, 0.2) is 54.6 Å². The summed E-state index contributed by atoms with van der Waals surface area (Å²) in [6.45, 7) is 2.05. The maximum absolute atomic E-state index is 6.34. The van der Waals surface area contributed by atoms with Crippen molar-refractivity contribution in [1.29, 1.82) is 0 Å². The van der Waals surface area contributed by atoms with Gasteiger partial charge in [0, 0.05) is 28.6 Å². The van der Waals surface area contributed by atoms with E-state index in [1.54, 1.807) is 0 Å². The molecule has 1 aromatic heterocycles. The topological polar surface area (TPSA) is 38.9 Å². The summed E-state index contributed by atoms with van der Waals surface area (Å²) in [4.78, 5) is 4.68. The van der Waals surface area contributed by atoms with E-state index in [9.17, 15) is 0 Å². The quantitative estimate of drug-likeness (QED) is 0.776. The Morgan fingerprint density at radius 2 is 1.90 bits per heavy atom. The fourth-order valence-electron chi connectivity index (χ4n) is 2.57. The summed E-state index contributed by atoms with van der Waals surface area (Å²) in [6.07, 6.45) is 0.700. The number of hydrogen-bond acceptors (Lipinski definition) is 2. The number of aromatic nitrogens is 1. The van der Waals surface area contributed by atoms with Crippen LogP contribution in [0.4, 0.5) is 0 Å². The third-order valence-electron chi connectivity index (χ3n) is 3.73. The van der Waals surface area contributed by atoms with E-state index >= 15 is 0 Å². The molecule has 0 aliphatic carbocycles. The molecule has 0 fully saturated rings. The zero-order chi connectivity index (χ0) is 14.8. The van der Waals surface area contributed by atoms with E-state index < -0.39 is 0 Å². The maximum Gasteiger partial charge on any atom is 0.0705 e. The van der Waals surface area contributed by atoms with Gasteiger partial charge in [-0.1, -0.05) is 41.9 Å². The summed E-state index contributed by atoms with van der Waals surface area (Å²) in [5, 5.41) is 1.87. The van der Waals surface area contributed by atoms with Crippen LogP contribution in [0, 0.1) is 6.92 Å². The molecule has 0 aliphatic heterocycles. The van der Waals surface area contributed by atoms with Gasteiger partial charge in [0.1, 0.15) is 0 Å². The molecule has 1 atom stereocenters. The van der Waals surface area contributed by atoms with Gasteiger partial charge in [0.2, 0.25) is 0 Å². The molecule has 0 aliphatic rings. The van der Waals surface area contributed by atoms with Gasteiger partial charge in [0.05, 0.1) is 5.52 Å². The molecule has 2 nitrogen and oxygen atoms in total. The Hall–Kier alpha value is -1.90. The van der Waals surface area contributed by atoms with Gasteiger partial charge >= 0.3 is 0 Å². The summed E-state index contributed by atoms with van der Waals surface area (Å²) in [6, 6.07) is 18.0. The number of benzene rings is 2. The SMILES string of the molecule is Cc1ccc(Cl)cc1C(N)Cc1ccc2ccccc2n1. The molecule has 3 heteroatoms. The van der Waals surface area contributed by atoms with Gasteiger partial charge in [0.15, 0.2) is 0 Å². The zero-order valence-corrected chi connectivity index (χ0v) is 12.6. The number of rotatable bonds is 3. The molecule has 3 aromatic rings. The predicted molar refractivity (Wildman–Crippen MR) is 88.6 cm³/mol. The second-order valence-corrected chi connectivity index (χ2v) is 5.74. The van der Waals surface area contributed by atoms with Crippen molar-refractivity contribution in [2.75, 3.05) is 0 Å². The lowest BCUT2D eigenvalue weighted by atomic mass is 9.98. The third kappa shape index (κ3) is 3.07. The Morgan fingerprint density at radius 1 is 1.10 bits per heavy atom. The molecule has 0 spiro atoms. The molecule has 1 unspecified atom stereocenters. The van der Waals surface area contributed by atoms with Crippen molar-refractivity contribution < 1.29 is 0 Å². The van der Waals surface area contributed by atoms with E-state index in [0.717, 1.165) is 32.7 Å². The standard InChI is InChI=1S/C18H17ClN2/c1-12-6-8-14(19)10-16(12)17(20)11-15-9-7-13-4-2-3-5-18(13)21-15/h2-10,17H,11,20H2,1H3. The summed E-state index contributed by atoms with van der Waals surface area (Å²) >= 11 is 6.07. The Balaban J connectivity index is 1.88. The number of nitrogens with two attached hydrogens (primary N) is 1. The van der Waals surface area contributed by atoms with Crippen LogP contribution in [0.2, 0.25) is 5.02 Å². The van der Waals surface area contributed by atoms with Crippen LogP contribution in [0.3, 0.4) is 0 Å². The molecule has 0 radical (unpaired) electrons. The van der Waals surface area contributed by atoms with Crippen LogP contribution in [0.25, 0.3) is 10.9 Å². The molecule has 3 rings (SSSR count). The summed E-state index contributed by atoms with van der Waals surface area (Å²) in [5.41, 5.74) is 10.6. The average Bonchev–Trinajstić information content (AvgIpc) is 2.49. The van der Waals surface area contributed by atoms with Crippen LogP contribution in [0.5, 0.6) is 0 Å². The average molecular weight is 297 g/mol. The van der Waals surface area contributed by atoms with E-state index in [4.69, 9.17) is 17.3 Å². The van der Waals surface area contributed by atoms with Gasteiger partial charge in [0.25, 0.3) is 0 Å². The highest BCUT2D eigenvalue weighted by atomic mass is 35.5. The van der Waals surface area contributed by atoms with Crippen molar-refractivity contribution >= 4 is 22.5 Å². The fourth-order valence-corrected chi connectivity index (χ4v) is 2.75. The summed E-state index contributed by atoms with van der Waals surface area (Å²) in [7, 11) is 0. The van der Waals surface area contributed by atoms with Crippen molar-refractivity contribution in [2.24, 2.45) is 5.73 Å². The Morgan fingerprint density at radius 3 is 2.76 bits per heavy atom. The molecule has 0 bridgehead atoms. The van der Waals surface area contributed by atoms with Gasteiger partial charge in [-0.25, -0.2) is 0 Å². The first-order chi connectivity index (χ1) is 10.1. The van der Waals surface area contributed by atoms with Crippen LogP contribution in [-0.4, -0.2) is 4.98 Å². The van der Waals surface area contributed by atoms with E-state index in [2.05, 4.69) is 24.0 Å². The summed E-state index contributed by atoms with van der Waals surface area (Å²) in [5.74, 6) is 0. The smallest absolute Gasteiger partial charge is 0.0705 e. The highest BCUT2D eigenvalue weighted by Gasteiger charge is 2.11. The molecule has 106 valence electrons. The molecular weight excluding hydrogens is 280 g/mol. The van der Waals surface area contributed by atoms with Crippen LogP contribution in [-0.2, 0) is 6.42 Å². The minimum Gasteiger partial charge on any atom is -0.324 e. The number of aryl methyl sites for hydroxylation is 1. The third-order valence-corrected chi connectivity index (χ3v) is 3.96. The second-order valence-electron chi connectivity index (χ2n) is 5.31. The van der Waals surface area contributed by atoms with Crippen LogP contribution >= 0.6 is 11.6 Å². The number of pyridine rings is 1. The number of para-hydroxylation sites is 1. The van der Waals surface area contributed by atoms with E-state index in [1.165, 1.54) is 0 Å². The van der Waals surface area contributed by atoms with Gasteiger partial charge in [-0.3, -0.25) is 4.98 Å². The van der Waals surface area contributed by atoms with Crippen molar-refractivity contribution in [3.05, 3.63) is 76.4 Å². The first-order valence-electron chi connectivity index (χ1n) is 7.00. The zero-order valence-electron chi connectivity index (χ0n) is 11.9. The molecule has 0 saturated carbocycles. The normalized spacial score (nSPS) is 12.5. The first-order valence-corrected chi connectivity index (χ1v) is 7.37. The number of nitrogens with zero attached hydrogens (tertiary/aromatic N) is 1. The highest BCUT2D eigenvalue weighted by molar-refractivity contribution is 6.30. The fraction of sp³-hybridized carbons (Fsp3) is 0.167. The molecular formula is C18H17ClN2. The summed E-state index contributed by atoms with van der Waals surface area (Å²) < 4.78 is 0. The molecule has 0 amide bonds. The Bertz CT molecular complexity index is 783. The number of fused-ring (bicyclic) bond motifs is 1. The predicted octanol–water partition coefficient (Wildman–Crippen LogP) is 4.44. The lowest BCUT2D eigenvalue weighted by Gasteiger charge is -2.15. The highest BCUT2D eigenvalue weighted by Crippen LogP contribution is 2.23. The van der Waals surface area contributed by atoms with Crippen LogP contribution in [0.1, 0.15) is 22.9 Å². The Labute approximate surface area is 129 Å². The Kier molecular flexibility index (Phi) is 3.91. The monoisotopic (exact) mass is 296 g/mol. The van der Waals surface area contributed by atoms with E-state index in [1.807, 2.05) is 42.5 Å². The first kappa shape index (κ1) is 14.1. The van der Waals surface area contributed by atoms with Crippen molar-refractivity contribution in [3.63, 3.8) is 0 Å². The van der Waals surface area contributed by atoms with Gasteiger partial charge in [-0.2, -0.15) is 0 Å². The maximum atomic E-state index is 6.34. The van der Waals surface area contributed by atoms with Crippen molar-refractivity contribution in [3.8, 4) is 0 Å². The van der Waals surface area contributed by atoms with Gasteiger partial charge < -0.3 is 5.73 Å². The molecule has 1 heterocycles. The largest absolute Gasteiger partial charge is 0.324 e. The van der Waals surface area contributed by atoms with Gasteiger partial charge in [-0.15, -0.1) is 0 Å². The lowest BCUT2D eigenvalue weighted by Crippen LogP contribution is -2.15. The minimum absolute atomic E-state index is 0.0997. The van der Waals surface area contributed by atoms with Crippen LogP contribution < -0.4 is 5.73 Å². The lowest BCUT2D eigenvalue weighted by molar-refractivity contribution is 0.704. The van der Waals surface area contributed by atoms with E-state index in [0.29, 0.717) is 6.42 Å². The van der Waals surface area contributed by atoms with Crippen molar-refractivity contribution in [1.82, 2.24) is 4.98 Å². The second kappa shape index (κ2) is 5.84. The van der Waals surface area contributed by atoms with E-state index in [-0.39, 0.29) is 6.04 Å². The number of halogens is 1. The molecule has 2 aromatic carbocycles. The minimum atomic E-state index is -0.0997. The van der Waals surface area contributed by atoms with Gasteiger partial charge in [-0.05, 0) is 42.3 Å². The molecule has 2 N–H and O–H groups in total. The molecule has 0 saturated heterocycles. The number of hydrogen-bond donors (Lipinski definition) is 1. The van der Waals surface area contributed by atoms with Crippen molar-refractivity contribution in [2.45, 2.75) is 19.4 Å².